The summed E-state index contributed by atoms with van der Waals surface area (Å²) < 4.78 is 21.0. The van der Waals surface area contributed by atoms with Crippen LogP contribution in [-0.4, -0.2) is 21.3 Å². The minimum absolute atomic E-state index is 0.142. The third-order valence-electron chi connectivity index (χ3n) is 2.25. The highest BCUT2D eigenvalue weighted by molar-refractivity contribution is 7.85. The molecule has 0 fully saturated rings. The van der Waals surface area contributed by atoms with Gasteiger partial charge in [-0.05, 0) is 33.3 Å². The summed E-state index contributed by atoms with van der Waals surface area (Å²) in [5.74, 6) is 0. The van der Waals surface area contributed by atoms with Gasteiger partial charge in [-0.1, -0.05) is 30.3 Å². The number of benzene rings is 1. The number of ether oxygens (including phenoxy) is 1. The maximum atomic E-state index is 11.7. The SMILES string of the molecule is C[C@H](/C=N/[S@](=O)C(C)(C)C)OCc1ccccc1. The average Bonchev–Trinajstić information content (AvgIpc) is 2.33. The minimum atomic E-state index is -1.22. The molecule has 0 aliphatic heterocycles. The molecule has 0 saturated carbocycles. The summed E-state index contributed by atoms with van der Waals surface area (Å²) in [6.07, 6.45) is 1.47. The first-order valence-corrected chi connectivity index (χ1v) is 7.12. The van der Waals surface area contributed by atoms with Crippen LogP contribution in [0.4, 0.5) is 0 Å². The maximum absolute atomic E-state index is 11.7. The molecule has 3 nitrogen and oxygen atoms in total. The van der Waals surface area contributed by atoms with Crippen molar-refractivity contribution >= 4 is 17.2 Å². The van der Waals surface area contributed by atoms with Crippen LogP contribution in [-0.2, 0) is 22.3 Å². The fraction of sp³-hybridized carbons (Fsp3) is 0.500. The van der Waals surface area contributed by atoms with Gasteiger partial charge in [-0.15, -0.1) is 0 Å². The van der Waals surface area contributed by atoms with Gasteiger partial charge in [0.2, 0.25) is 0 Å². The van der Waals surface area contributed by atoms with Gasteiger partial charge in [0.25, 0.3) is 0 Å². The molecule has 4 heteroatoms. The molecule has 100 valence electrons. The molecule has 1 aromatic carbocycles. The summed E-state index contributed by atoms with van der Waals surface area (Å²) in [6, 6.07) is 9.95. The van der Waals surface area contributed by atoms with Crippen LogP contribution >= 0.6 is 0 Å². The predicted molar refractivity (Wildman–Crippen MR) is 77.1 cm³/mol. The lowest BCUT2D eigenvalue weighted by Crippen LogP contribution is -2.21. The van der Waals surface area contributed by atoms with Crippen LogP contribution in [0, 0.1) is 0 Å². The lowest BCUT2D eigenvalue weighted by molar-refractivity contribution is 0.0992. The zero-order valence-corrected chi connectivity index (χ0v) is 12.2. The highest BCUT2D eigenvalue weighted by Crippen LogP contribution is 2.12. The van der Waals surface area contributed by atoms with Gasteiger partial charge in [0.1, 0.15) is 11.0 Å². The van der Waals surface area contributed by atoms with Crippen molar-refractivity contribution < 1.29 is 8.95 Å². The van der Waals surface area contributed by atoms with Crippen molar-refractivity contribution in [1.82, 2.24) is 0 Å². The third kappa shape index (κ3) is 5.56. The normalized spacial score (nSPS) is 15.8. The van der Waals surface area contributed by atoms with Gasteiger partial charge in [-0.25, -0.2) is 4.21 Å². The van der Waals surface area contributed by atoms with E-state index in [1.54, 1.807) is 6.21 Å². The van der Waals surface area contributed by atoms with Gasteiger partial charge in [-0.3, -0.25) is 0 Å². The summed E-state index contributed by atoms with van der Waals surface area (Å²) in [7, 11) is -1.22. The number of nitrogens with zero attached hydrogens (tertiary/aromatic N) is 1. The summed E-state index contributed by atoms with van der Waals surface area (Å²) in [6.45, 7) is 8.13. The highest BCUT2D eigenvalue weighted by atomic mass is 32.2. The summed E-state index contributed by atoms with van der Waals surface area (Å²) >= 11 is 0. The fourth-order valence-corrected chi connectivity index (χ4v) is 1.74. The molecule has 0 bridgehead atoms. The monoisotopic (exact) mass is 267 g/mol. The molecule has 0 unspecified atom stereocenters. The molecule has 18 heavy (non-hydrogen) atoms. The number of hydrogen-bond acceptors (Lipinski definition) is 2. The van der Waals surface area contributed by atoms with Gasteiger partial charge in [-0.2, -0.15) is 4.40 Å². The molecular weight excluding hydrogens is 246 g/mol. The Morgan fingerprint density at radius 2 is 1.94 bits per heavy atom. The minimum Gasteiger partial charge on any atom is -0.368 e. The van der Waals surface area contributed by atoms with E-state index in [0.29, 0.717) is 6.61 Å². The molecule has 0 aromatic heterocycles. The molecule has 0 heterocycles. The first-order valence-electron chi connectivity index (χ1n) is 6.01. The summed E-state index contributed by atoms with van der Waals surface area (Å²) in [4.78, 5) is 0. The van der Waals surface area contributed by atoms with E-state index in [2.05, 4.69) is 4.40 Å². The van der Waals surface area contributed by atoms with Crippen molar-refractivity contribution in [3.63, 3.8) is 0 Å². The van der Waals surface area contributed by atoms with Crippen LogP contribution in [0.2, 0.25) is 0 Å². The van der Waals surface area contributed by atoms with Crippen molar-refractivity contribution in [2.45, 2.75) is 45.2 Å². The Hall–Kier alpha value is -1.00. The molecule has 2 atom stereocenters. The van der Waals surface area contributed by atoms with E-state index in [0.717, 1.165) is 5.56 Å². The molecule has 1 rings (SSSR count). The largest absolute Gasteiger partial charge is 0.368 e. The van der Waals surface area contributed by atoms with Crippen LogP contribution in [0.15, 0.2) is 34.7 Å². The number of rotatable bonds is 5. The van der Waals surface area contributed by atoms with Crippen molar-refractivity contribution in [2.24, 2.45) is 4.40 Å². The summed E-state index contributed by atoms with van der Waals surface area (Å²) in [5, 5.41) is 0. The molecule has 0 N–H and O–H groups in total. The van der Waals surface area contributed by atoms with Gasteiger partial charge >= 0.3 is 0 Å². The smallest absolute Gasteiger partial charge is 0.144 e. The van der Waals surface area contributed by atoms with Crippen molar-refractivity contribution in [1.29, 1.82) is 0 Å². The first-order chi connectivity index (χ1) is 8.39. The topological polar surface area (TPSA) is 38.7 Å². The van der Waals surface area contributed by atoms with Gasteiger partial charge in [0, 0.05) is 6.21 Å². The van der Waals surface area contributed by atoms with E-state index < -0.39 is 11.0 Å². The third-order valence-corrected chi connectivity index (χ3v) is 3.61. The van der Waals surface area contributed by atoms with Crippen molar-refractivity contribution in [3.8, 4) is 0 Å². The van der Waals surface area contributed by atoms with E-state index in [-0.39, 0.29) is 10.9 Å². The van der Waals surface area contributed by atoms with Crippen molar-refractivity contribution in [3.05, 3.63) is 35.9 Å². The van der Waals surface area contributed by atoms with E-state index in [9.17, 15) is 4.21 Å². The van der Waals surface area contributed by atoms with Gasteiger partial charge < -0.3 is 4.74 Å². The lowest BCUT2D eigenvalue weighted by atomic mass is 10.2. The molecule has 0 saturated heterocycles. The molecule has 0 radical (unpaired) electrons. The second-order valence-electron chi connectivity index (χ2n) is 5.12. The van der Waals surface area contributed by atoms with Crippen LogP contribution in [0.3, 0.4) is 0 Å². The van der Waals surface area contributed by atoms with Crippen LogP contribution in [0.5, 0.6) is 0 Å². The molecular formula is C14H21NO2S. The second-order valence-corrected chi connectivity index (χ2v) is 7.05. The Bertz CT molecular complexity index is 410. The Labute approximate surface area is 112 Å². The summed E-state index contributed by atoms with van der Waals surface area (Å²) in [5.41, 5.74) is 1.12. The van der Waals surface area contributed by atoms with Crippen LogP contribution in [0.25, 0.3) is 0 Å². The zero-order valence-electron chi connectivity index (χ0n) is 11.4. The average molecular weight is 267 g/mol. The van der Waals surface area contributed by atoms with Crippen molar-refractivity contribution in [2.75, 3.05) is 0 Å². The highest BCUT2D eigenvalue weighted by Gasteiger charge is 2.18. The molecule has 0 amide bonds. The standard InChI is InChI=1S/C14H21NO2S/c1-12(10-15-18(16)14(2,3)4)17-11-13-8-6-5-7-9-13/h5-10,12H,11H2,1-4H3/b15-10+/t12-,18-/m1/s1. The second kappa shape index (κ2) is 6.81. The molecule has 1 aromatic rings. The van der Waals surface area contributed by atoms with E-state index in [1.165, 1.54) is 0 Å². The Kier molecular flexibility index (Phi) is 5.69. The van der Waals surface area contributed by atoms with Gasteiger partial charge in [0.05, 0.1) is 17.5 Å². The maximum Gasteiger partial charge on any atom is 0.144 e. The van der Waals surface area contributed by atoms with E-state index in [1.807, 2.05) is 58.0 Å². The zero-order chi connectivity index (χ0) is 13.6. The first kappa shape index (κ1) is 15.1. The van der Waals surface area contributed by atoms with E-state index >= 15 is 0 Å². The van der Waals surface area contributed by atoms with Gasteiger partial charge in [0.15, 0.2) is 0 Å². The van der Waals surface area contributed by atoms with Crippen LogP contribution < -0.4 is 0 Å². The predicted octanol–water partition coefficient (Wildman–Crippen LogP) is 3.12. The van der Waals surface area contributed by atoms with Crippen LogP contribution in [0.1, 0.15) is 33.3 Å². The quantitative estimate of drug-likeness (QED) is 0.769. The lowest BCUT2D eigenvalue weighted by Gasteiger charge is -2.14. The Balaban J connectivity index is 2.41. The molecule has 0 aliphatic rings. The van der Waals surface area contributed by atoms with E-state index in [4.69, 9.17) is 4.74 Å². The number of hydrogen-bond donors (Lipinski definition) is 0. The fourth-order valence-electron chi connectivity index (χ4n) is 1.14. The Morgan fingerprint density at radius 3 is 2.50 bits per heavy atom. The Morgan fingerprint density at radius 1 is 1.33 bits per heavy atom. The molecule has 0 aliphatic carbocycles. The molecule has 0 spiro atoms.